The Morgan fingerprint density at radius 3 is 2.81 bits per heavy atom. The van der Waals surface area contributed by atoms with E-state index in [1.807, 2.05) is 19.9 Å². The molecule has 0 saturated heterocycles. The van der Waals surface area contributed by atoms with Crippen LogP contribution in [0.25, 0.3) is 0 Å². The van der Waals surface area contributed by atoms with Crippen LogP contribution in [-0.4, -0.2) is 24.2 Å². The van der Waals surface area contributed by atoms with Gasteiger partial charge in [-0.05, 0) is 18.4 Å². The van der Waals surface area contributed by atoms with Crippen molar-refractivity contribution in [3.8, 4) is 0 Å². The Kier molecular flexibility index (Phi) is 7.21. The third kappa shape index (κ3) is 5.81. The molecule has 21 heavy (non-hydrogen) atoms. The number of rotatable bonds is 8. The van der Waals surface area contributed by atoms with Crippen LogP contribution in [0, 0.1) is 10.1 Å². The highest BCUT2D eigenvalue weighted by Gasteiger charge is 2.14. The molecule has 0 aliphatic heterocycles. The average molecular weight is 294 g/mol. The van der Waals surface area contributed by atoms with E-state index in [0.717, 1.165) is 24.8 Å². The van der Waals surface area contributed by atoms with Crippen molar-refractivity contribution < 1.29 is 14.5 Å². The van der Waals surface area contributed by atoms with Gasteiger partial charge < -0.3 is 10.1 Å². The smallest absolute Gasteiger partial charge is 0.407 e. The number of unbranched alkanes of at least 4 members (excludes halogenated alkanes) is 1. The minimum Gasteiger partial charge on any atom is -0.450 e. The van der Waals surface area contributed by atoms with Gasteiger partial charge in [-0.3, -0.25) is 10.1 Å². The number of hydrogen-bond donors (Lipinski definition) is 1. The second kappa shape index (κ2) is 8.94. The number of alkyl carbamates (subject to hydrolysis) is 1. The molecule has 1 atom stereocenters. The molecule has 116 valence electrons. The zero-order chi connectivity index (χ0) is 15.7. The van der Waals surface area contributed by atoms with Gasteiger partial charge in [0.05, 0.1) is 11.5 Å². The Balaban J connectivity index is 2.56. The molecule has 0 saturated carbocycles. The van der Waals surface area contributed by atoms with Crippen LogP contribution >= 0.6 is 0 Å². The maximum atomic E-state index is 11.5. The monoisotopic (exact) mass is 294 g/mol. The minimum atomic E-state index is -0.438. The average Bonchev–Trinajstić information content (AvgIpc) is 2.48. The van der Waals surface area contributed by atoms with Crippen molar-refractivity contribution in [3.63, 3.8) is 0 Å². The van der Waals surface area contributed by atoms with Crippen LogP contribution in [0.5, 0.6) is 0 Å². The molecule has 0 aliphatic carbocycles. The van der Waals surface area contributed by atoms with E-state index >= 15 is 0 Å². The summed E-state index contributed by atoms with van der Waals surface area (Å²) < 4.78 is 5.02. The Labute approximate surface area is 124 Å². The maximum Gasteiger partial charge on any atom is 0.407 e. The molecule has 0 heterocycles. The van der Waals surface area contributed by atoms with Gasteiger partial charge in [0.1, 0.15) is 0 Å². The first-order valence-electron chi connectivity index (χ1n) is 7.23. The minimum absolute atomic E-state index is 0.0311. The van der Waals surface area contributed by atoms with E-state index < -0.39 is 11.0 Å². The number of nitrogens with zero attached hydrogens (tertiary/aromatic N) is 1. The van der Waals surface area contributed by atoms with Gasteiger partial charge in [0, 0.05) is 24.6 Å². The van der Waals surface area contributed by atoms with Gasteiger partial charge in [0.25, 0.3) is 5.69 Å². The Morgan fingerprint density at radius 2 is 2.19 bits per heavy atom. The van der Waals surface area contributed by atoms with Gasteiger partial charge in [-0.2, -0.15) is 0 Å². The van der Waals surface area contributed by atoms with E-state index in [4.69, 9.17) is 4.74 Å². The zero-order valence-corrected chi connectivity index (χ0v) is 12.5. The fraction of sp³-hybridized carbons (Fsp3) is 0.533. The number of non-ortho nitro benzene ring substituents is 1. The van der Waals surface area contributed by atoms with E-state index in [9.17, 15) is 14.9 Å². The zero-order valence-electron chi connectivity index (χ0n) is 12.5. The number of amides is 1. The lowest BCUT2D eigenvalue weighted by Gasteiger charge is -2.16. The molecule has 1 aromatic rings. The van der Waals surface area contributed by atoms with Crippen molar-refractivity contribution in [1.82, 2.24) is 5.32 Å². The summed E-state index contributed by atoms with van der Waals surface area (Å²) in [5.74, 6) is 0.0311. The van der Waals surface area contributed by atoms with Crippen LogP contribution < -0.4 is 5.32 Å². The third-order valence-electron chi connectivity index (χ3n) is 3.27. The van der Waals surface area contributed by atoms with Crippen molar-refractivity contribution in [2.24, 2.45) is 0 Å². The molecular formula is C15H22N2O4. The summed E-state index contributed by atoms with van der Waals surface area (Å²) in [5, 5.41) is 13.5. The quantitative estimate of drug-likeness (QED) is 0.451. The van der Waals surface area contributed by atoms with Gasteiger partial charge in [0.2, 0.25) is 0 Å². The third-order valence-corrected chi connectivity index (χ3v) is 3.27. The number of carbonyl (C=O) groups is 1. The molecule has 0 radical (unpaired) electrons. The van der Waals surface area contributed by atoms with E-state index in [1.165, 1.54) is 6.07 Å². The van der Waals surface area contributed by atoms with Crippen molar-refractivity contribution >= 4 is 11.8 Å². The van der Waals surface area contributed by atoms with Crippen LogP contribution in [0.4, 0.5) is 10.5 Å². The Bertz CT molecular complexity index is 476. The second-order valence-corrected chi connectivity index (χ2v) is 4.83. The standard InChI is InChI=1S/C15H22N2O4/c1-3-5-9-21-15(18)16-11-12(4-2)13-7-6-8-14(10-13)17(19)20/h6-8,10,12H,3-5,9,11H2,1-2H3,(H,16,18). The lowest BCUT2D eigenvalue weighted by Crippen LogP contribution is -2.29. The van der Waals surface area contributed by atoms with Crippen LogP contribution in [0.1, 0.15) is 44.6 Å². The molecule has 1 rings (SSSR count). The van der Waals surface area contributed by atoms with Crippen molar-refractivity contribution in [1.29, 1.82) is 0 Å². The molecule has 0 aromatic heterocycles. The molecular weight excluding hydrogens is 272 g/mol. The first kappa shape index (κ1) is 16.9. The highest BCUT2D eigenvalue weighted by molar-refractivity contribution is 5.67. The maximum absolute atomic E-state index is 11.5. The van der Waals surface area contributed by atoms with Crippen LogP contribution in [0.3, 0.4) is 0 Å². The van der Waals surface area contributed by atoms with Crippen LogP contribution in [0.2, 0.25) is 0 Å². The van der Waals surface area contributed by atoms with Gasteiger partial charge in [-0.25, -0.2) is 4.79 Å². The van der Waals surface area contributed by atoms with Gasteiger partial charge in [-0.15, -0.1) is 0 Å². The van der Waals surface area contributed by atoms with Crippen molar-refractivity contribution in [2.75, 3.05) is 13.2 Å². The van der Waals surface area contributed by atoms with Gasteiger partial charge >= 0.3 is 6.09 Å². The van der Waals surface area contributed by atoms with Gasteiger partial charge in [0.15, 0.2) is 0 Å². The lowest BCUT2D eigenvalue weighted by molar-refractivity contribution is -0.384. The highest BCUT2D eigenvalue weighted by atomic mass is 16.6. The first-order chi connectivity index (χ1) is 10.1. The molecule has 0 bridgehead atoms. The van der Waals surface area contributed by atoms with E-state index in [0.29, 0.717) is 13.2 Å². The Morgan fingerprint density at radius 1 is 1.43 bits per heavy atom. The molecule has 0 spiro atoms. The molecule has 1 aromatic carbocycles. The van der Waals surface area contributed by atoms with E-state index in [2.05, 4.69) is 5.32 Å². The number of carbonyl (C=O) groups excluding carboxylic acids is 1. The topological polar surface area (TPSA) is 81.5 Å². The van der Waals surface area contributed by atoms with Crippen molar-refractivity contribution in [2.45, 2.75) is 39.0 Å². The molecule has 6 heteroatoms. The molecule has 1 amide bonds. The van der Waals surface area contributed by atoms with E-state index in [1.54, 1.807) is 12.1 Å². The fourth-order valence-corrected chi connectivity index (χ4v) is 1.96. The second-order valence-electron chi connectivity index (χ2n) is 4.83. The summed E-state index contributed by atoms with van der Waals surface area (Å²) in [7, 11) is 0. The fourth-order valence-electron chi connectivity index (χ4n) is 1.96. The van der Waals surface area contributed by atoms with Gasteiger partial charge in [-0.1, -0.05) is 32.4 Å². The highest BCUT2D eigenvalue weighted by Crippen LogP contribution is 2.23. The number of nitrogens with one attached hydrogen (secondary N) is 1. The molecule has 6 nitrogen and oxygen atoms in total. The molecule has 0 aliphatic rings. The number of hydrogen-bond acceptors (Lipinski definition) is 4. The normalized spacial score (nSPS) is 11.7. The summed E-state index contributed by atoms with van der Waals surface area (Å²) in [5.41, 5.74) is 0.914. The van der Waals surface area contributed by atoms with Crippen molar-refractivity contribution in [3.05, 3.63) is 39.9 Å². The number of nitro groups is 1. The predicted molar refractivity (Wildman–Crippen MR) is 80.4 cm³/mol. The molecule has 1 N–H and O–H groups in total. The Hall–Kier alpha value is -2.11. The largest absolute Gasteiger partial charge is 0.450 e. The van der Waals surface area contributed by atoms with E-state index in [-0.39, 0.29) is 11.6 Å². The lowest BCUT2D eigenvalue weighted by atomic mass is 9.96. The summed E-state index contributed by atoms with van der Waals surface area (Å²) in [6.45, 7) is 4.82. The van der Waals surface area contributed by atoms with Crippen LogP contribution in [0.15, 0.2) is 24.3 Å². The predicted octanol–water partition coefficient (Wildman–Crippen LogP) is 3.61. The van der Waals surface area contributed by atoms with Crippen LogP contribution in [-0.2, 0) is 4.74 Å². The molecule has 1 unspecified atom stereocenters. The summed E-state index contributed by atoms with van der Waals surface area (Å²) in [6, 6.07) is 6.52. The molecule has 0 fully saturated rings. The first-order valence-corrected chi connectivity index (χ1v) is 7.23. The number of nitro benzene ring substituents is 1. The summed E-state index contributed by atoms with van der Waals surface area (Å²) >= 11 is 0. The summed E-state index contributed by atoms with van der Waals surface area (Å²) in [6.07, 6.45) is 2.15. The number of ether oxygens (including phenoxy) is 1. The number of benzene rings is 1. The SMILES string of the molecule is CCCCOC(=O)NCC(CC)c1cccc([N+](=O)[O-])c1. The summed E-state index contributed by atoms with van der Waals surface area (Å²) in [4.78, 5) is 21.9.